The highest BCUT2D eigenvalue weighted by Crippen LogP contribution is 2.45. The summed E-state index contributed by atoms with van der Waals surface area (Å²) < 4.78 is 68.3. The Morgan fingerprint density at radius 2 is 0.527 bits per heavy atom. The number of esters is 4. The summed E-state index contributed by atoms with van der Waals surface area (Å²) in [7, 11) is -9.91. The van der Waals surface area contributed by atoms with Crippen LogP contribution in [0.4, 0.5) is 0 Å². The molecule has 0 fully saturated rings. The number of unbranched alkanes of at least 4 members (excludes halogenated alkanes) is 33. The third kappa shape index (κ3) is 63.9. The number of ether oxygens (including phenoxy) is 4. The van der Waals surface area contributed by atoms with Gasteiger partial charge in [0.1, 0.15) is 19.3 Å². The summed E-state index contributed by atoms with van der Waals surface area (Å²) >= 11 is 0. The number of hydrogen-bond donors (Lipinski definition) is 3. The predicted octanol–water partition coefficient (Wildman–Crippen LogP) is 20.5. The van der Waals surface area contributed by atoms with Gasteiger partial charge in [0.25, 0.3) is 0 Å². The van der Waals surface area contributed by atoms with Crippen LogP contribution in [0.5, 0.6) is 0 Å². The van der Waals surface area contributed by atoms with E-state index in [1.807, 2.05) is 0 Å². The van der Waals surface area contributed by atoms with Gasteiger partial charge in [-0.15, -0.1) is 0 Å². The topological polar surface area (TPSA) is 237 Å². The highest BCUT2D eigenvalue weighted by Gasteiger charge is 2.30. The molecule has 0 aliphatic heterocycles. The van der Waals surface area contributed by atoms with Crippen LogP contribution in [0.1, 0.15) is 357 Å². The fourth-order valence-corrected chi connectivity index (χ4v) is 12.4. The minimum Gasteiger partial charge on any atom is -0.462 e. The minimum atomic E-state index is -4.95. The van der Waals surface area contributed by atoms with Gasteiger partial charge in [-0.2, -0.15) is 0 Å². The van der Waals surface area contributed by atoms with E-state index in [1.54, 1.807) is 0 Å². The van der Waals surface area contributed by atoms with Crippen LogP contribution in [0.3, 0.4) is 0 Å². The molecule has 0 bridgehead atoms. The zero-order valence-corrected chi connectivity index (χ0v) is 61.3. The van der Waals surface area contributed by atoms with Crippen molar-refractivity contribution in [3.05, 3.63) is 0 Å². The second-order valence-electron chi connectivity index (χ2n) is 27.4. The lowest BCUT2D eigenvalue weighted by atomic mass is 9.99. The molecule has 3 N–H and O–H groups in total. The molecule has 0 spiro atoms. The monoisotopic (exact) mass is 1340 g/mol. The molecular formula is C72H140O17P2. The van der Waals surface area contributed by atoms with Crippen molar-refractivity contribution < 1.29 is 80.2 Å². The summed E-state index contributed by atoms with van der Waals surface area (Å²) in [4.78, 5) is 72.6. The maximum Gasteiger partial charge on any atom is 0.472 e. The molecule has 0 aromatic carbocycles. The number of rotatable bonds is 69. The van der Waals surface area contributed by atoms with Crippen molar-refractivity contribution in [3.63, 3.8) is 0 Å². The molecule has 4 unspecified atom stereocenters. The number of aliphatic hydroxyl groups excluding tert-OH is 1. The lowest BCUT2D eigenvalue weighted by molar-refractivity contribution is -0.161. The highest BCUT2D eigenvalue weighted by atomic mass is 31.2. The van der Waals surface area contributed by atoms with E-state index in [2.05, 4.69) is 55.4 Å². The summed E-state index contributed by atoms with van der Waals surface area (Å²) in [6.45, 7) is 14.1. The normalized spacial score (nSPS) is 14.8. The van der Waals surface area contributed by atoms with Gasteiger partial charge in [-0.25, -0.2) is 9.13 Å². The summed E-state index contributed by atoms with van der Waals surface area (Å²) in [6, 6.07) is 0. The Morgan fingerprint density at radius 1 is 0.308 bits per heavy atom. The lowest BCUT2D eigenvalue weighted by Gasteiger charge is -2.21. The third-order valence-electron chi connectivity index (χ3n) is 17.3. The van der Waals surface area contributed by atoms with Gasteiger partial charge in [-0.3, -0.25) is 37.3 Å². The van der Waals surface area contributed by atoms with Gasteiger partial charge in [0.2, 0.25) is 0 Å². The number of phosphoric acid groups is 2. The van der Waals surface area contributed by atoms with Crippen molar-refractivity contribution >= 4 is 39.5 Å². The molecule has 7 atom stereocenters. The van der Waals surface area contributed by atoms with Gasteiger partial charge in [-0.05, 0) is 49.4 Å². The number of aliphatic hydroxyl groups is 1. The van der Waals surface area contributed by atoms with E-state index < -0.39 is 97.5 Å². The summed E-state index contributed by atoms with van der Waals surface area (Å²) in [5, 5.41) is 10.6. The first-order valence-electron chi connectivity index (χ1n) is 37.3. The van der Waals surface area contributed by atoms with Crippen LogP contribution in [0.25, 0.3) is 0 Å². The predicted molar refractivity (Wildman–Crippen MR) is 367 cm³/mol. The van der Waals surface area contributed by atoms with E-state index in [4.69, 9.17) is 37.0 Å². The van der Waals surface area contributed by atoms with Crippen LogP contribution >= 0.6 is 15.6 Å². The first-order valence-corrected chi connectivity index (χ1v) is 40.3. The van der Waals surface area contributed by atoms with Crippen LogP contribution in [-0.4, -0.2) is 96.7 Å². The van der Waals surface area contributed by atoms with Crippen molar-refractivity contribution in [2.45, 2.75) is 375 Å². The Balaban J connectivity index is 5.22. The molecule has 0 radical (unpaired) electrons. The molecule has 91 heavy (non-hydrogen) atoms. The van der Waals surface area contributed by atoms with Gasteiger partial charge < -0.3 is 33.8 Å². The van der Waals surface area contributed by atoms with E-state index in [0.717, 1.165) is 120 Å². The Bertz CT molecular complexity index is 1800. The maximum absolute atomic E-state index is 13.0. The molecule has 0 saturated carbocycles. The minimum absolute atomic E-state index is 0.103. The highest BCUT2D eigenvalue weighted by molar-refractivity contribution is 7.47. The first-order chi connectivity index (χ1) is 43.7. The van der Waals surface area contributed by atoms with Gasteiger partial charge in [0, 0.05) is 25.7 Å². The standard InChI is InChI=1S/C72H140O17P2/c1-9-64(7)50-42-34-26-21-23-29-39-47-55-72(77)88-67(58-82-69(74)52-44-36-27-19-17-15-13-11-12-14-16-18-24-32-40-48-62(3)4)60-86-90(78,79)84-56-66(73)57-85-91(80,81)87-61-68(59-83-70(75)53-45-37-31-30-35-43-51-65(8)10-2)89-71(76)54-46-38-28-22-20-25-33-41-49-63(5)6/h62-68,73H,9-61H2,1-8H3,(H,78,79)(H,80,81)/t64?,65?,66-,67-,68-/m1/s1. The molecule has 0 aliphatic rings. The van der Waals surface area contributed by atoms with Crippen LogP contribution in [0.2, 0.25) is 0 Å². The summed E-state index contributed by atoms with van der Waals surface area (Å²) in [6.07, 6.45) is 44.5. The second-order valence-corrected chi connectivity index (χ2v) is 30.3. The molecular weight excluding hydrogens is 1200 g/mol. The second kappa shape index (κ2) is 61.6. The number of carbonyl (C=O) groups is 4. The molecule has 0 rings (SSSR count). The van der Waals surface area contributed by atoms with E-state index in [0.29, 0.717) is 25.7 Å². The SMILES string of the molecule is CCC(C)CCCCCCCCCCC(=O)O[C@H](COC(=O)CCCCCCCCCCCCCCCCCC(C)C)COP(=O)(O)OC[C@@H](O)COP(=O)(O)OC[C@@H](COC(=O)CCCCCCCCC(C)CC)OC(=O)CCCCCCCCCCC(C)C. The van der Waals surface area contributed by atoms with Gasteiger partial charge >= 0.3 is 39.5 Å². The van der Waals surface area contributed by atoms with E-state index >= 15 is 0 Å². The van der Waals surface area contributed by atoms with Crippen LogP contribution in [0.15, 0.2) is 0 Å². The molecule has 17 nitrogen and oxygen atoms in total. The Morgan fingerprint density at radius 3 is 0.780 bits per heavy atom. The fraction of sp³-hybridized carbons (Fsp3) is 0.944. The Hall–Kier alpha value is -1.94. The van der Waals surface area contributed by atoms with Crippen molar-refractivity contribution in [1.82, 2.24) is 0 Å². The van der Waals surface area contributed by atoms with Gasteiger partial charge in [0.05, 0.1) is 26.4 Å². The Kier molecular flexibility index (Phi) is 60.3. The van der Waals surface area contributed by atoms with Crippen molar-refractivity contribution in [2.24, 2.45) is 23.7 Å². The third-order valence-corrected chi connectivity index (χ3v) is 19.2. The molecule has 0 amide bonds. The zero-order chi connectivity index (χ0) is 67.5. The molecule has 0 heterocycles. The van der Waals surface area contributed by atoms with Crippen molar-refractivity contribution in [3.8, 4) is 0 Å². The fourth-order valence-electron chi connectivity index (χ4n) is 10.8. The van der Waals surface area contributed by atoms with Crippen molar-refractivity contribution in [2.75, 3.05) is 39.6 Å². The molecule has 0 aromatic heterocycles. The quantitative estimate of drug-likeness (QED) is 0.0222. The molecule has 0 aliphatic carbocycles. The van der Waals surface area contributed by atoms with Gasteiger partial charge in [-0.1, -0.05) is 306 Å². The number of carbonyl (C=O) groups excluding carboxylic acids is 4. The largest absolute Gasteiger partial charge is 0.472 e. The molecule has 540 valence electrons. The first kappa shape index (κ1) is 89.1. The summed E-state index contributed by atoms with van der Waals surface area (Å²) in [5.41, 5.74) is 0. The van der Waals surface area contributed by atoms with Crippen LogP contribution in [0, 0.1) is 23.7 Å². The van der Waals surface area contributed by atoms with Crippen molar-refractivity contribution in [1.29, 1.82) is 0 Å². The number of phosphoric ester groups is 2. The average Bonchev–Trinajstić information content (AvgIpc) is 3.47. The molecule has 0 saturated heterocycles. The van der Waals surface area contributed by atoms with E-state index in [9.17, 15) is 43.2 Å². The summed E-state index contributed by atoms with van der Waals surface area (Å²) in [5.74, 6) is 0.895. The zero-order valence-electron chi connectivity index (χ0n) is 59.5. The smallest absolute Gasteiger partial charge is 0.462 e. The molecule has 19 heteroatoms. The lowest BCUT2D eigenvalue weighted by Crippen LogP contribution is -2.30. The van der Waals surface area contributed by atoms with Gasteiger partial charge in [0.15, 0.2) is 12.2 Å². The van der Waals surface area contributed by atoms with E-state index in [-0.39, 0.29) is 25.7 Å². The Labute approximate surface area is 556 Å². The average molecular weight is 1340 g/mol. The molecule has 0 aromatic rings. The van der Waals surface area contributed by atoms with Crippen LogP contribution in [-0.2, 0) is 65.4 Å². The number of hydrogen-bond acceptors (Lipinski definition) is 15. The van der Waals surface area contributed by atoms with E-state index in [1.165, 1.54) is 154 Å². The van der Waals surface area contributed by atoms with Crippen LogP contribution < -0.4 is 0 Å². The maximum atomic E-state index is 13.0.